The molecule has 1 amide bonds. The summed E-state index contributed by atoms with van der Waals surface area (Å²) in [5.74, 6) is 0.431. The van der Waals surface area contributed by atoms with Crippen molar-refractivity contribution < 1.29 is 4.79 Å². The average molecular weight is 359 g/mol. The van der Waals surface area contributed by atoms with E-state index in [0.29, 0.717) is 11.8 Å². The van der Waals surface area contributed by atoms with Gasteiger partial charge in [0.1, 0.15) is 0 Å². The summed E-state index contributed by atoms with van der Waals surface area (Å²) >= 11 is 1.43. The van der Waals surface area contributed by atoms with Crippen molar-refractivity contribution in [2.24, 2.45) is 0 Å². The lowest BCUT2D eigenvalue weighted by atomic mass is 9.96. The van der Waals surface area contributed by atoms with E-state index in [4.69, 9.17) is 0 Å². The number of hydrogen-bond donors (Lipinski definition) is 0. The quantitative estimate of drug-likeness (QED) is 0.739. The molecule has 0 saturated heterocycles. The zero-order chi connectivity index (χ0) is 17.6. The second kappa shape index (κ2) is 8.47. The highest BCUT2D eigenvalue weighted by Gasteiger charge is 2.22. The standard InChI is InChI=1S/C18H25N5OS/c1-14(15-9-5-3-6-10-15)22(2)17(24)13-25-18-19-20-21-23(18)16-11-7-4-8-12-16/h3,5-6,9-10,14,16H,4,7-8,11-13H2,1-2H3. The van der Waals surface area contributed by atoms with Crippen LogP contribution in [0.15, 0.2) is 35.5 Å². The van der Waals surface area contributed by atoms with E-state index in [-0.39, 0.29) is 11.9 Å². The third kappa shape index (κ3) is 4.39. The van der Waals surface area contributed by atoms with Gasteiger partial charge in [0.15, 0.2) is 0 Å². The minimum absolute atomic E-state index is 0.0450. The van der Waals surface area contributed by atoms with Gasteiger partial charge in [0.05, 0.1) is 17.8 Å². The smallest absolute Gasteiger partial charge is 0.233 e. The van der Waals surface area contributed by atoms with Crippen molar-refractivity contribution in [1.29, 1.82) is 0 Å². The summed E-state index contributed by atoms with van der Waals surface area (Å²) in [6, 6.07) is 10.5. The third-order valence-corrected chi connectivity index (χ3v) is 5.88. The van der Waals surface area contributed by atoms with Crippen LogP contribution in [0.5, 0.6) is 0 Å². The first kappa shape index (κ1) is 17.9. The van der Waals surface area contributed by atoms with Crippen molar-refractivity contribution in [3.8, 4) is 0 Å². The summed E-state index contributed by atoms with van der Waals surface area (Å²) in [4.78, 5) is 14.4. The number of carbonyl (C=O) groups excluding carboxylic acids is 1. The van der Waals surface area contributed by atoms with Crippen LogP contribution in [-0.2, 0) is 4.79 Å². The van der Waals surface area contributed by atoms with Crippen LogP contribution in [0.1, 0.15) is 56.7 Å². The molecular weight excluding hydrogens is 334 g/mol. The van der Waals surface area contributed by atoms with Crippen LogP contribution in [0, 0.1) is 0 Å². The first-order chi connectivity index (χ1) is 12.2. The van der Waals surface area contributed by atoms with Crippen molar-refractivity contribution in [3.05, 3.63) is 35.9 Å². The second-order valence-corrected chi connectivity index (χ2v) is 7.52. The van der Waals surface area contributed by atoms with Gasteiger partial charge in [-0.3, -0.25) is 4.79 Å². The van der Waals surface area contributed by atoms with E-state index in [1.807, 2.05) is 49.0 Å². The highest BCUT2D eigenvalue weighted by Crippen LogP contribution is 2.30. The number of aromatic nitrogens is 4. The highest BCUT2D eigenvalue weighted by atomic mass is 32.2. The molecule has 0 spiro atoms. The molecule has 1 saturated carbocycles. The Bertz CT molecular complexity index is 684. The summed E-state index contributed by atoms with van der Waals surface area (Å²) in [5.41, 5.74) is 1.13. The van der Waals surface area contributed by atoms with Crippen LogP contribution in [0.25, 0.3) is 0 Å². The number of nitrogens with zero attached hydrogens (tertiary/aromatic N) is 5. The Balaban J connectivity index is 1.58. The molecule has 0 bridgehead atoms. The monoisotopic (exact) mass is 359 g/mol. The Labute approximate surface area is 153 Å². The molecule has 25 heavy (non-hydrogen) atoms. The number of benzene rings is 1. The lowest BCUT2D eigenvalue weighted by molar-refractivity contribution is -0.128. The van der Waals surface area contributed by atoms with Gasteiger partial charge in [-0.1, -0.05) is 61.4 Å². The lowest BCUT2D eigenvalue weighted by Crippen LogP contribution is -2.31. The van der Waals surface area contributed by atoms with E-state index in [1.165, 1.54) is 31.0 Å². The van der Waals surface area contributed by atoms with Gasteiger partial charge in [0, 0.05) is 7.05 Å². The molecule has 0 N–H and O–H groups in total. The van der Waals surface area contributed by atoms with Gasteiger partial charge in [0.2, 0.25) is 11.1 Å². The molecule has 134 valence electrons. The molecule has 3 rings (SSSR count). The van der Waals surface area contributed by atoms with Crippen LogP contribution in [-0.4, -0.2) is 43.8 Å². The maximum absolute atomic E-state index is 12.6. The fraction of sp³-hybridized carbons (Fsp3) is 0.556. The molecule has 0 radical (unpaired) electrons. The van der Waals surface area contributed by atoms with Gasteiger partial charge in [0.25, 0.3) is 0 Å². The van der Waals surface area contributed by atoms with Gasteiger partial charge in [-0.2, -0.15) is 0 Å². The molecule has 1 aromatic heterocycles. The van der Waals surface area contributed by atoms with Crippen molar-refractivity contribution in [1.82, 2.24) is 25.1 Å². The number of thioether (sulfide) groups is 1. The molecule has 1 aliphatic carbocycles. The molecule has 1 aliphatic rings. The number of amides is 1. The Morgan fingerprint density at radius 2 is 2.00 bits per heavy atom. The minimum atomic E-state index is 0.0450. The average Bonchev–Trinajstić information content (AvgIpc) is 3.15. The molecule has 6 nitrogen and oxygen atoms in total. The summed E-state index contributed by atoms with van der Waals surface area (Å²) in [5, 5.41) is 12.8. The SMILES string of the molecule is CC(c1ccccc1)N(C)C(=O)CSc1nnnn1C1CCCCC1. The molecule has 7 heteroatoms. The maximum Gasteiger partial charge on any atom is 0.233 e. The van der Waals surface area contributed by atoms with E-state index < -0.39 is 0 Å². The Morgan fingerprint density at radius 3 is 2.72 bits per heavy atom. The van der Waals surface area contributed by atoms with Crippen molar-refractivity contribution in [2.75, 3.05) is 12.8 Å². The molecule has 1 fully saturated rings. The van der Waals surface area contributed by atoms with Crippen LogP contribution in [0.3, 0.4) is 0 Å². The van der Waals surface area contributed by atoms with Crippen molar-refractivity contribution in [2.45, 2.75) is 56.3 Å². The van der Waals surface area contributed by atoms with Crippen LogP contribution in [0.2, 0.25) is 0 Å². The van der Waals surface area contributed by atoms with Crippen LogP contribution >= 0.6 is 11.8 Å². The zero-order valence-corrected chi connectivity index (χ0v) is 15.7. The minimum Gasteiger partial charge on any atom is -0.338 e. The maximum atomic E-state index is 12.6. The normalized spacial score (nSPS) is 16.6. The number of rotatable bonds is 6. The van der Waals surface area contributed by atoms with E-state index in [9.17, 15) is 4.79 Å². The summed E-state index contributed by atoms with van der Waals surface area (Å²) < 4.78 is 1.91. The topological polar surface area (TPSA) is 63.9 Å². The molecule has 1 unspecified atom stereocenters. The van der Waals surface area contributed by atoms with Crippen LogP contribution in [0.4, 0.5) is 0 Å². The van der Waals surface area contributed by atoms with Crippen molar-refractivity contribution >= 4 is 17.7 Å². The largest absolute Gasteiger partial charge is 0.338 e. The predicted molar refractivity (Wildman–Crippen MR) is 98.3 cm³/mol. The number of tetrazole rings is 1. The van der Waals surface area contributed by atoms with Gasteiger partial charge in [-0.15, -0.1) is 5.10 Å². The van der Waals surface area contributed by atoms with Gasteiger partial charge >= 0.3 is 0 Å². The highest BCUT2D eigenvalue weighted by molar-refractivity contribution is 7.99. The van der Waals surface area contributed by atoms with E-state index in [1.54, 1.807) is 4.90 Å². The predicted octanol–water partition coefficient (Wildman–Crippen LogP) is 3.49. The number of carbonyl (C=O) groups is 1. The first-order valence-corrected chi connectivity index (χ1v) is 9.86. The Kier molecular flexibility index (Phi) is 6.07. The summed E-state index contributed by atoms with van der Waals surface area (Å²) in [6.45, 7) is 2.05. The summed E-state index contributed by atoms with van der Waals surface area (Å²) in [6.07, 6.45) is 5.99. The molecule has 2 aromatic rings. The molecule has 1 aromatic carbocycles. The first-order valence-electron chi connectivity index (χ1n) is 8.88. The van der Waals surface area contributed by atoms with E-state index in [0.717, 1.165) is 23.6 Å². The van der Waals surface area contributed by atoms with Gasteiger partial charge in [-0.05, 0) is 35.8 Å². The lowest BCUT2D eigenvalue weighted by Gasteiger charge is -2.25. The number of hydrogen-bond acceptors (Lipinski definition) is 5. The van der Waals surface area contributed by atoms with Gasteiger partial charge in [-0.25, -0.2) is 4.68 Å². The van der Waals surface area contributed by atoms with Crippen LogP contribution < -0.4 is 0 Å². The third-order valence-electron chi connectivity index (χ3n) is 4.96. The van der Waals surface area contributed by atoms with E-state index >= 15 is 0 Å². The summed E-state index contributed by atoms with van der Waals surface area (Å²) in [7, 11) is 1.85. The Hall–Kier alpha value is -1.89. The fourth-order valence-electron chi connectivity index (χ4n) is 3.23. The zero-order valence-electron chi connectivity index (χ0n) is 14.8. The van der Waals surface area contributed by atoms with Gasteiger partial charge < -0.3 is 4.90 Å². The Morgan fingerprint density at radius 1 is 1.28 bits per heavy atom. The van der Waals surface area contributed by atoms with Crippen molar-refractivity contribution in [3.63, 3.8) is 0 Å². The second-order valence-electron chi connectivity index (χ2n) is 6.58. The van der Waals surface area contributed by atoms with E-state index in [2.05, 4.69) is 15.5 Å². The fourth-order valence-corrected chi connectivity index (χ4v) is 4.10. The molecular formula is C18H25N5OS. The molecule has 1 heterocycles. The molecule has 1 atom stereocenters. The molecule has 0 aliphatic heterocycles.